The van der Waals surface area contributed by atoms with Crippen molar-refractivity contribution >= 4 is 11.8 Å². The summed E-state index contributed by atoms with van der Waals surface area (Å²) >= 11 is 0. The summed E-state index contributed by atoms with van der Waals surface area (Å²) in [7, 11) is 0. The van der Waals surface area contributed by atoms with E-state index in [9.17, 15) is 14.7 Å². The number of aliphatic hydroxyl groups excluding tert-OH is 1. The van der Waals surface area contributed by atoms with Gasteiger partial charge in [-0.2, -0.15) is 5.10 Å². The molecule has 0 unspecified atom stereocenters. The number of aromatic amines is 1. The average molecular weight is 390 g/mol. The number of rotatable bonds is 3. The maximum Gasteiger partial charge on any atom is 0.230 e. The van der Waals surface area contributed by atoms with E-state index in [1.807, 2.05) is 11.8 Å². The van der Waals surface area contributed by atoms with Crippen molar-refractivity contribution in [3.63, 3.8) is 0 Å². The first-order valence-electron chi connectivity index (χ1n) is 10.6. The topological polar surface area (TPSA) is 102 Å². The van der Waals surface area contributed by atoms with E-state index < -0.39 is 0 Å². The van der Waals surface area contributed by atoms with Crippen molar-refractivity contribution in [1.29, 1.82) is 0 Å². The summed E-state index contributed by atoms with van der Waals surface area (Å²) in [6.07, 6.45) is 6.89. The van der Waals surface area contributed by atoms with Crippen LogP contribution in [-0.4, -0.2) is 73.7 Å². The van der Waals surface area contributed by atoms with Crippen LogP contribution >= 0.6 is 0 Å². The molecule has 0 atom stereocenters. The van der Waals surface area contributed by atoms with Crippen molar-refractivity contribution in [2.45, 2.75) is 76.9 Å². The number of nitrogens with zero attached hydrogens (tertiary/aromatic N) is 4. The molecule has 2 saturated heterocycles. The van der Waals surface area contributed by atoms with Crippen LogP contribution in [0.4, 0.5) is 0 Å². The molecule has 0 bridgehead atoms. The second-order valence-electron chi connectivity index (χ2n) is 8.88. The number of H-pyrrole nitrogens is 1. The molecule has 1 aromatic heterocycles. The van der Waals surface area contributed by atoms with Crippen LogP contribution in [0.5, 0.6) is 0 Å². The zero-order valence-corrected chi connectivity index (χ0v) is 16.7. The molecule has 1 saturated carbocycles. The Hall–Kier alpha value is -1.96. The van der Waals surface area contributed by atoms with Crippen LogP contribution < -0.4 is 0 Å². The van der Waals surface area contributed by atoms with Crippen molar-refractivity contribution in [3.8, 4) is 0 Å². The van der Waals surface area contributed by atoms with E-state index in [1.165, 1.54) is 0 Å². The fraction of sp³-hybridized carbons (Fsp3) is 0.800. The fourth-order valence-electron chi connectivity index (χ4n) is 5.10. The minimum absolute atomic E-state index is 0.0823. The monoisotopic (exact) mass is 389 g/mol. The van der Waals surface area contributed by atoms with Gasteiger partial charge in [0.2, 0.25) is 11.8 Å². The van der Waals surface area contributed by atoms with Crippen LogP contribution in [0.2, 0.25) is 0 Å². The molecule has 1 aliphatic carbocycles. The number of hydrogen-bond donors (Lipinski definition) is 2. The Morgan fingerprint density at radius 1 is 1.21 bits per heavy atom. The molecule has 3 fully saturated rings. The first kappa shape index (κ1) is 19.4. The minimum Gasteiger partial charge on any atom is -0.393 e. The molecule has 2 N–H and O–H groups in total. The second kappa shape index (κ2) is 7.81. The summed E-state index contributed by atoms with van der Waals surface area (Å²) in [5.74, 6) is 1.63. The predicted molar refractivity (Wildman–Crippen MR) is 102 cm³/mol. The highest BCUT2D eigenvalue weighted by molar-refractivity contribution is 5.78. The highest BCUT2D eigenvalue weighted by atomic mass is 16.3. The van der Waals surface area contributed by atoms with Gasteiger partial charge in [0.1, 0.15) is 5.82 Å². The largest absolute Gasteiger partial charge is 0.393 e. The lowest BCUT2D eigenvalue weighted by atomic mass is 9.71. The molecule has 0 radical (unpaired) electrons. The minimum atomic E-state index is -0.202. The number of aromatic nitrogens is 3. The highest BCUT2D eigenvalue weighted by Crippen LogP contribution is 2.42. The van der Waals surface area contributed by atoms with Crippen molar-refractivity contribution < 1.29 is 14.7 Å². The van der Waals surface area contributed by atoms with Gasteiger partial charge in [0, 0.05) is 32.1 Å². The summed E-state index contributed by atoms with van der Waals surface area (Å²) in [6, 6.07) is 0.279. The SMILES string of the molecule is Cc1nc(CC(=O)N2CCC3(CCC(=O)N(C4CCC(O)CC4)C3)CC2)n[nH]1. The van der Waals surface area contributed by atoms with Crippen molar-refractivity contribution in [2.24, 2.45) is 5.41 Å². The van der Waals surface area contributed by atoms with Crippen LogP contribution in [0, 0.1) is 12.3 Å². The molecular formula is C20H31N5O3. The van der Waals surface area contributed by atoms with Crippen molar-refractivity contribution in [1.82, 2.24) is 25.0 Å². The van der Waals surface area contributed by atoms with Crippen LogP contribution in [0.25, 0.3) is 0 Å². The number of piperidine rings is 2. The van der Waals surface area contributed by atoms with Crippen LogP contribution in [0.1, 0.15) is 63.0 Å². The van der Waals surface area contributed by atoms with E-state index in [1.54, 1.807) is 0 Å². The number of carbonyl (C=O) groups is 2. The molecule has 28 heavy (non-hydrogen) atoms. The second-order valence-corrected chi connectivity index (χ2v) is 8.88. The molecule has 154 valence electrons. The predicted octanol–water partition coefficient (Wildman–Crippen LogP) is 1.19. The summed E-state index contributed by atoms with van der Waals surface area (Å²) < 4.78 is 0. The number of aliphatic hydroxyl groups is 1. The van der Waals surface area contributed by atoms with Crippen LogP contribution in [-0.2, 0) is 16.0 Å². The zero-order chi connectivity index (χ0) is 19.7. The Kier molecular flexibility index (Phi) is 5.40. The number of aryl methyl sites for hydroxylation is 1. The molecule has 4 rings (SSSR count). The Morgan fingerprint density at radius 3 is 2.57 bits per heavy atom. The first-order valence-corrected chi connectivity index (χ1v) is 10.6. The van der Waals surface area contributed by atoms with Crippen LogP contribution in [0.3, 0.4) is 0 Å². The number of nitrogens with one attached hydrogen (secondary N) is 1. The number of carbonyl (C=O) groups excluding carboxylic acids is 2. The van der Waals surface area contributed by atoms with Gasteiger partial charge in [-0.3, -0.25) is 14.7 Å². The van der Waals surface area contributed by atoms with Crippen LogP contribution in [0.15, 0.2) is 0 Å². The van der Waals surface area contributed by atoms with E-state index in [-0.39, 0.29) is 35.8 Å². The lowest BCUT2D eigenvalue weighted by Gasteiger charge is -2.50. The molecule has 8 heteroatoms. The molecule has 3 heterocycles. The van der Waals surface area contributed by atoms with Gasteiger partial charge >= 0.3 is 0 Å². The van der Waals surface area contributed by atoms with Gasteiger partial charge in [0.15, 0.2) is 5.82 Å². The maximum absolute atomic E-state index is 12.6. The average Bonchev–Trinajstić information content (AvgIpc) is 3.10. The Balaban J connectivity index is 1.33. The molecular weight excluding hydrogens is 358 g/mol. The molecule has 0 aromatic carbocycles. The Labute approximate surface area is 165 Å². The third-order valence-electron chi connectivity index (χ3n) is 6.93. The summed E-state index contributed by atoms with van der Waals surface area (Å²) in [5, 5.41) is 16.6. The maximum atomic E-state index is 12.6. The fourth-order valence-corrected chi connectivity index (χ4v) is 5.10. The van der Waals surface area contributed by atoms with E-state index in [0.29, 0.717) is 12.2 Å². The Bertz CT molecular complexity index is 717. The van der Waals surface area contributed by atoms with E-state index in [2.05, 4.69) is 20.1 Å². The molecule has 3 aliphatic rings. The number of likely N-dealkylation sites (tertiary alicyclic amines) is 2. The lowest BCUT2D eigenvalue weighted by Crippen LogP contribution is -2.55. The first-order chi connectivity index (χ1) is 13.4. The highest BCUT2D eigenvalue weighted by Gasteiger charge is 2.43. The molecule has 2 aliphatic heterocycles. The normalized spacial score (nSPS) is 28.0. The van der Waals surface area contributed by atoms with E-state index >= 15 is 0 Å². The summed E-state index contributed by atoms with van der Waals surface area (Å²) in [6.45, 7) is 4.13. The molecule has 8 nitrogen and oxygen atoms in total. The van der Waals surface area contributed by atoms with E-state index in [0.717, 1.165) is 70.4 Å². The zero-order valence-electron chi connectivity index (χ0n) is 16.7. The lowest BCUT2D eigenvalue weighted by molar-refractivity contribution is -0.146. The summed E-state index contributed by atoms with van der Waals surface area (Å²) in [5.41, 5.74) is 0.141. The van der Waals surface area contributed by atoms with Gasteiger partial charge in [-0.05, 0) is 57.3 Å². The molecule has 1 aromatic rings. The number of amides is 2. The van der Waals surface area contributed by atoms with Gasteiger partial charge in [0.25, 0.3) is 0 Å². The van der Waals surface area contributed by atoms with Gasteiger partial charge in [-0.1, -0.05) is 0 Å². The van der Waals surface area contributed by atoms with Gasteiger partial charge in [-0.15, -0.1) is 0 Å². The van der Waals surface area contributed by atoms with Gasteiger partial charge in [-0.25, -0.2) is 4.98 Å². The third-order valence-corrected chi connectivity index (χ3v) is 6.93. The van der Waals surface area contributed by atoms with Gasteiger partial charge < -0.3 is 14.9 Å². The standard InChI is InChI=1S/C20H31N5O3/c1-14-21-17(23-22-14)12-19(28)24-10-8-20(9-11-24)7-6-18(27)25(13-20)15-2-4-16(26)5-3-15/h15-16,26H,2-13H2,1H3,(H,21,22,23). The Morgan fingerprint density at radius 2 is 1.93 bits per heavy atom. The summed E-state index contributed by atoms with van der Waals surface area (Å²) in [4.78, 5) is 33.4. The van der Waals surface area contributed by atoms with Gasteiger partial charge in [0.05, 0.1) is 12.5 Å². The smallest absolute Gasteiger partial charge is 0.230 e. The van der Waals surface area contributed by atoms with E-state index in [4.69, 9.17) is 0 Å². The van der Waals surface area contributed by atoms with Crippen molar-refractivity contribution in [3.05, 3.63) is 11.6 Å². The third kappa shape index (κ3) is 4.06. The van der Waals surface area contributed by atoms with Crippen molar-refractivity contribution in [2.75, 3.05) is 19.6 Å². The quantitative estimate of drug-likeness (QED) is 0.808. The molecule has 1 spiro atoms. The number of hydrogen-bond acceptors (Lipinski definition) is 5. The molecule has 2 amide bonds.